The van der Waals surface area contributed by atoms with Gasteiger partial charge < -0.3 is 10.5 Å². The van der Waals surface area contributed by atoms with E-state index in [2.05, 4.69) is 5.43 Å². The Morgan fingerprint density at radius 2 is 2.19 bits per heavy atom. The molecule has 0 saturated carbocycles. The van der Waals surface area contributed by atoms with Gasteiger partial charge in [-0.15, -0.1) is 0 Å². The molecule has 1 aliphatic heterocycles. The van der Waals surface area contributed by atoms with Gasteiger partial charge in [0.2, 0.25) is 0 Å². The van der Waals surface area contributed by atoms with Crippen LogP contribution in [0.1, 0.15) is 5.56 Å². The van der Waals surface area contributed by atoms with Gasteiger partial charge in [-0.2, -0.15) is 0 Å². The van der Waals surface area contributed by atoms with Crippen molar-refractivity contribution in [1.82, 2.24) is 9.25 Å². The van der Waals surface area contributed by atoms with E-state index >= 15 is 0 Å². The van der Waals surface area contributed by atoms with E-state index in [0.717, 1.165) is 10.5 Å². The van der Waals surface area contributed by atoms with Crippen LogP contribution >= 0.6 is 23.9 Å². The van der Waals surface area contributed by atoms with Crippen molar-refractivity contribution < 1.29 is 9.90 Å². The maximum absolute atomic E-state index is 10.5. The number of nitrogens with zero attached hydrogens (tertiary/aromatic N) is 1. The summed E-state index contributed by atoms with van der Waals surface area (Å²) in [4.78, 5) is 11.6. The zero-order chi connectivity index (χ0) is 11.4. The lowest BCUT2D eigenvalue weighted by Gasteiger charge is -2.12. The van der Waals surface area contributed by atoms with Gasteiger partial charge in [0.05, 0.1) is 6.42 Å². The van der Waals surface area contributed by atoms with E-state index in [1.807, 2.05) is 39.7 Å². The van der Waals surface area contributed by atoms with Crippen LogP contribution in [-0.2, 0) is 11.2 Å². The average Bonchev–Trinajstić information content (AvgIpc) is 2.73. The molecule has 0 unspecified atom stereocenters. The van der Waals surface area contributed by atoms with Crippen molar-refractivity contribution in [2.24, 2.45) is 0 Å². The molecular weight excluding hydrogens is 244 g/mol. The minimum Gasteiger partial charge on any atom is -0.481 e. The monoisotopic (exact) mass is 254 g/mol. The SMILES string of the molecule is O=C(O)Cc1ccc(SN2NC=CS2)cc1. The van der Waals surface area contributed by atoms with Crippen LogP contribution in [0.3, 0.4) is 0 Å². The molecule has 1 heterocycles. The van der Waals surface area contributed by atoms with Crippen molar-refractivity contribution in [1.29, 1.82) is 0 Å². The maximum Gasteiger partial charge on any atom is 0.307 e. The number of carbonyl (C=O) groups is 1. The maximum atomic E-state index is 10.5. The molecule has 0 saturated heterocycles. The fourth-order valence-corrected chi connectivity index (χ4v) is 2.69. The zero-order valence-electron chi connectivity index (χ0n) is 8.29. The minimum absolute atomic E-state index is 0.0726. The molecule has 0 spiro atoms. The predicted molar refractivity (Wildman–Crippen MR) is 65.3 cm³/mol. The van der Waals surface area contributed by atoms with E-state index in [0.29, 0.717) is 0 Å². The van der Waals surface area contributed by atoms with E-state index in [1.54, 1.807) is 23.9 Å². The molecule has 1 aromatic rings. The number of hydrogen-bond acceptors (Lipinski definition) is 5. The van der Waals surface area contributed by atoms with Crippen LogP contribution in [0.25, 0.3) is 0 Å². The third-order valence-electron chi connectivity index (χ3n) is 1.87. The van der Waals surface area contributed by atoms with Gasteiger partial charge in [-0.3, -0.25) is 4.79 Å². The Morgan fingerprint density at radius 1 is 1.44 bits per heavy atom. The molecule has 0 aromatic heterocycles. The first kappa shape index (κ1) is 11.4. The summed E-state index contributed by atoms with van der Waals surface area (Å²) in [7, 11) is 0. The van der Waals surface area contributed by atoms with Crippen LogP contribution in [0, 0.1) is 0 Å². The second-order valence-corrected chi connectivity index (χ2v) is 5.20. The summed E-state index contributed by atoms with van der Waals surface area (Å²) in [6.07, 6.45) is 1.93. The van der Waals surface area contributed by atoms with Gasteiger partial charge in [0.15, 0.2) is 0 Å². The van der Waals surface area contributed by atoms with Crippen LogP contribution in [0.4, 0.5) is 0 Å². The normalized spacial score (nSPS) is 15.0. The summed E-state index contributed by atoms with van der Waals surface area (Å²) in [5.74, 6) is -0.804. The number of benzene rings is 1. The van der Waals surface area contributed by atoms with Gasteiger partial charge in [-0.25, -0.2) is 0 Å². The molecule has 6 heteroatoms. The fraction of sp³-hybridized carbons (Fsp3) is 0.100. The fourth-order valence-electron chi connectivity index (χ4n) is 1.19. The van der Waals surface area contributed by atoms with E-state index in [1.165, 1.54) is 0 Å². The molecule has 0 radical (unpaired) electrons. The van der Waals surface area contributed by atoms with Crippen molar-refractivity contribution in [3.8, 4) is 0 Å². The van der Waals surface area contributed by atoms with Gasteiger partial charge in [-0.1, -0.05) is 16.0 Å². The third kappa shape index (κ3) is 3.19. The number of hydrogen-bond donors (Lipinski definition) is 2. The number of carboxylic acid groups (broad SMARTS) is 1. The standard InChI is InChI=1S/C10H10N2O2S2/c13-10(14)7-8-1-3-9(4-2-8)16-12-11-5-6-15-12/h1-6,11H,7H2,(H,13,14). The van der Waals surface area contributed by atoms with Crippen LogP contribution < -0.4 is 5.43 Å². The molecule has 2 N–H and O–H groups in total. The van der Waals surface area contributed by atoms with Crippen molar-refractivity contribution >= 4 is 29.9 Å². The summed E-state index contributed by atoms with van der Waals surface area (Å²) >= 11 is 3.12. The molecule has 0 atom stereocenters. The van der Waals surface area contributed by atoms with Crippen molar-refractivity contribution in [2.75, 3.05) is 0 Å². The van der Waals surface area contributed by atoms with E-state index in [4.69, 9.17) is 5.11 Å². The van der Waals surface area contributed by atoms with Crippen LogP contribution in [0.5, 0.6) is 0 Å². The highest BCUT2D eigenvalue weighted by Crippen LogP contribution is 2.30. The van der Waals surface area contributed by atoms with E-state index in [9.17, 15) is 4.79 Å². The molecule has 0 amide bonds. The number of rotatable bonds is 4. The highest BCUT2D eigenvalue weighted by atomic mass is 32.2. The molecule has 1 aliphatic rings. The highest BCUT2D eigenvalue weighted by Gasteiger charge is 2.08. The van der Waals surface area contributed by atoms with Crippen LogP contribution in [-0.4, -0.2) is 14.9 Å². The quantitative estimate of drug-likeness (QED) is 0.804. The average molecular weight is 254 g/mol. The van der Waals surface area contributed by atoms with Gasteiger partial charge in [0.25, 0.3) is 0 Å². The van der Waals surface area contributed by atoms with Crippen molar-refractivity contribution in [3.63, 3.8) is 0 Å². The Morgan fingerprint density at radius 3 is 2.75 bits per heavy atom. The molecule has 1 aromatic carbocycles. The van der Waals surface area contributed by atoms with E-state index in [-0.39, 0.29) is 6.42 Å². The minimum atomic E-state index is -0.804. The first-order chi connectivity index (χ1) is 7.74. The summed E-state index contributed by atoms with van der Waals surface area (Å²) in [5, 5.41) is 10.6. The topological polar surface area (TPSA) is 52.6 Å². The Labute approximate surface area is 102 Å². The highest BCUT2D eigenvalue weighted by molar-refractivity contribution is 8.13. The third-order valence-corrected chi connectivity index (χ3v) is 3.66. The smallest absolute Gasteiger partial charge is 0.307 e. The van der Waals surface area contributed by atoms with Gasteiger partial charge in [-0.05, 0) is 41.6 Å². The Hall–Kier alpha value is -1.11. The predicted octanol–water partition coefficient (Wildman–Crippen LogP) is 2.26. The summed E-state index contributed by atoms with van der Waals surface area (Å²) in [6.45, 7) is 0. The zero-order valence-corrected chi connectivity index (χ0v) is 9.92. The number of carboxylic acids is 1. The first-order valence-electron chi connectivity index (χ1n) is 4.61. The lowest BCUT2D eigenvalue weighted by molar-refractivity contribution is -0.136. The molecule has 84 valence electrons. The van der Waals surface area contributed by atoms with Crippen molar-refractivity contribution in [2.45, 2.75) is 11.3 Å². The van der Waals surface area contributed by atoms with Crippen LogP contribution in [0.2, 0.25) is 0 Å². The summed E-state index contributed by atoms with van der Waals surface area (Å²) < 4.78 is 1.91. The molecule has 4 nitrogen and oxygen atoms in total. The lowest BCUT2D eigenvalue weighted by atomic mass is 10.2. The molecule has 0 aliphatic carbocycles. The number of nitrogens with one attached hydrogen (secondary N) is 1. The molecular formula is C10H10N2O2S2. The summed E-state index contributed by atoms with van der Waals surface area (Å²) in [5.41, 5.74) is 3.85. The molecule has 0 bridgehead atoms. The summed E-state index contributed by atoms with van der Waals surface area (Å²) in [6, 6.07) is 7.52. The van der Waals surface area contributed by atoms with Gasteiger partial charge in [0.1, 0.15) is 0 Å². The van der Waals surface area contributed by atoms with Gasteiger partial charge in [0, 0.05) is 16.5 Å². The van der Waals surface area contributed by atoms with E-state index < -0.39 is 5.97 Å². The Kier molecular flexibility index (Phi) is 3.76. The van der Waals surface area contributed by atoms with Gasteiger partial charge >= 0.3 is 5.97 Å². The Balaban J connectivity index is 1.93. The molecule has 0 fully saturated rings. The largest absolute Gasteiger partial charge is 0.481 e. The first-order valence-corrected chi connectivity index (χ1v) is 6.22. The molecule has 16 heavy (non-hydrogen) atoms. The number of hydrazine groups is 1. The Bertz CT molecular complexity index is 398. The van der Waals surface area contributed by atoms with Crippen LogP contribution in [0.15, 0.2) is 40.8 Å². The van der Waals surface area contributed by atoms with Crippen molar-refractivity contribution in [3.05, 3.63) is 41.4 Å². The second kappa shape index (κ2) is 5.29. The number of aliphatic carboxylic acids is 1. The molecule has 2 rings (SSSR count). The lowest BCUT2D eigenvalue weighted by Crippen LogP contribution is -2.14. The second-order valence-electron chi connectivity index (χ2n) is 3.10.